The van der Waals surface area contributed by atoms with Crippen LogP contribution in [0.4, 0.5) is 0 Å². The molecule has 0 aromatic heterocycles. The minimum atomic E-state index is -1.16. The standard InChI is InChI=1S/C10H12N4O3S/c1-6(9(16)17)14-8(15)7(4-11)5-13-10-12-2-3-18-10/h5-6H,2-3H2,1H3,(H,12,13)(H,14,15)(H,16,17)/b7-5-. The van der Waals surface area contributed by atoms with Crippen LogP contribution >= 0.6 is 11.8 Å². The maximum atomic E-state index is 11.5. The number of carboxylic acids is 1. The molecule has 1 unspecified atom stereocenters. The van der Waals surface area contributed by atoms with Crippen molar-refractivity contribution in [3.05, 3.63) is 11.8 Å². The molecule has 0 aromatic rings. The van der Waals surface area contributed by atoms with Crippen molar-refractivity contribution in [1.82, 2.24) is 10.6 Å². The number of nitrogens with one attached hydrogen (secondary N) is 2. The highest BCUT2D eigenvalue weighted by Crippen LogP contribution is 2.09. The van der Waals surface area contributed by atoms with E-state index in [2.05, 4.69) is 15.6 Å². The zero-order valence-electron chi connectivity index (χ0n) is 9.64. The maximum absolute atomic E-state index is 11.5. The number of aliphatic imine (C=N–C) groups is 1. The third-order valence-electron chi connectivity index (χ3n) is 2.01. The highest BCUT2D eigenvalue weighted by Gasteiger charge is 2.17. The number of hydrogen-bond donors (Lipinski definition) is 3. The van der Waals surface area contributed by atoms with Gasteiger partial charge in [-0.1, -0.05) is 11.8 Å². The average molecular weight is 268 g/mol. The molecule has 0 aromatic carbocycles. The Kier molecular flexibility index (Phi) is 5.20. The van der Waals surface area contributed by atoms with Gasteiger partial charge in [-0.05, 0) is 6.92 Å². The number of nitriles is 1. The molecule has 1 aliphatic rings. The van der Waals surface area contributed by atoms with Crippen LogP contribution in [0.15, 0.2) is 16.8 Å². The number of carbonyl (C=O) groups is 2. The van der Waals surface area contributed by atoms with Crippen LogP contribution in [0, 0.1) is 11.3 Å². The Morgan fingerprint density at radius 2 is 2.39 bits per heavy atom. The maximum Gasteiger partial charge on any atom is 0.325 e. The number of amides is 1. The van der Waals surface area contributed by atoms with E-state index in [0.29, 0.717) is 11.7 Å². The summed E-state index contributed by atoms with van der Waals surface area (Å²) in [5, 5.41) is 23.0. The van der Waals surface area contributed by atoms with Crippen LogP contribution in [0.5, 0.6) is 0 Å². The van der Waals surface area contributed by atoms with Gasteiger partial charge in [0.15, 0.2) is 5.17 Å². The van der Waals surface area contributed by atoms with Crippen LogP contribution < -0.4 is 10.6 Å². The SMILES string of the molecule is CC(NC(=O)/C(C#N)=C\NC1=NCCS1)C(=O)O. The van der Waals surface area contributed by atoms with E-state index in [1.54, 1.807) is 6.07 Å². The Morgan fingerprint density at radius 3 is 2.89 bits per heavy atom. The summed E-state index contributed by atoms with van der Waals surface area (Å²) in [6.07, 6.45) is 1.22. The first kappa shape index (κ1) is 14.1. The quantitative estimate of drug-likeness (QED) is 0.475. The molecule has 1 rings (SSSR count). The van der Waals surface area contributed by atoms with Crippen molar-refractivity contribution in [1.29, 1.82) is 5.26 Å². The van der Waals surface area contributed by atoms with Gasteiger partial charge in [-0.2, -0.15) is 5.26 Å². The molecule has 3 N–H and O–H groups in total. The van der Waals surface area contributed by atoms with E-state index < -0.39 is 17.9 Å². The summed E-state index contributed by atoms with van der Waals surface area (Å²) in [5.74, 6) is -1.03. The van der Waals surface area contributed by atoms with Crippen molar-refractivity contribution < 1.29 is 14.7 Å². The number of rotatable bonds is 4. The van der Waals surface area contributed by atoms with E-state index in [1.165, 1.54) is 24.9 Å². The molecule has 0 fully saturated rings. The monoisotopic (exact) mass is 268 g/mol. The first-order valence-corrected chi connectivity index (χ1v) is 6.11. The van der Waals surface area contributed by atoms with Crippen LogP contribution in [0.1, 0.15) is 6.92 Å². The number of thioether (sulfide) groups is 1. The summed E-state index contributed by atoms with van der Waals surface area (Å²) in [4.78, 5) is 26.2. The van der Waals surface area contributed by atoms with Crippen LogP contribution in [0.25, 0.3) is 0 Å². The summed E-state index contributed by atoms with van der Waals surface area (Å²) < 4.78 is 0. The molecular weight excluding hydrogens is 256 g/mol. The highest BCUT2D eigenvalue weighted by molar-refractivity contribution is 8.14. The predicted molar refractivity (Wildman–Crippen MR) is 66.8 cm³/mol. The molecular formula is C10H12N4O3S. The van der Waals surface area contributed by atoms with E-state index in [-0.39, 0.29) is 5.57 Å². The van der Waals surface area contributed by atoms with Gasteiger partial charge in [-0.3, -0.25) is 14.6 Å². The van der Waals surface area contributed by atoms with Crippen molar-refractivity contribution in [2.45, 2.75) is 13.0 Å². The fourth-order valence-electron chi connectivity index (χ4n) is 1.04. The molecule has 0 saturated heterocycles. The van der Waals surface area contributed by atoms with Crippen molar-refractivity contribution in [3.8, 4) is 6.07 Å². The van der Waals surface area contributed by atoms with E-state index in [9.17, 15) is 9.59 Å². The van der Waals surface area contributed by atoms with E-state index in [1.807, 2.05) is 0 Å². The number of nitrogens with zero attached hydrogens (tertiary/aromatic N) is 2. The molecule has 18 heavy (non-hydrogen) atoms. The number of amidine groups is 1. The Bertz CT molecular complexity index is 453. The molecule has 7 nitrogen and oxygen atoms in total. The Labute approximate surface area is 108 Å². The molecule has 8 heteroatoms. The molecule has 1 heterocycles. The van der Waals surface area contributed by atoms with Gasteiger partial charge in [0.05, 0.1) is 6.54 Å². The van der Waals surface area contributed by atoms with Crippen LogP contribution in [0.2, 0.25) is 0 Å². The van der Waals surface area contributed by atoms with E-state index in [0.717, 1.165) is 5.75 Å². The number of aliphatic carboxylic acids is 1. The second kappa shape index (κ2) is 6.66. The second-order valence-electron chi connectivity index (χ2n) is 3.38. The fourth-order valence-corrected chi connectivity index (χ4v) is 1.74. The molecule has 96 valence electrons. The third kappa shape index (κ3) is 4.10. The number of carbonyl (C=O) groups excluding carboxylic acids is 1. The lowest BCUT2D eigenvalue weighted by molar-refractivity contribution is -0.140. The van der Waals surface area contributed by atoms with Crippen molar-refractivity contribution in [2.24, 2.45) is 4.99 Å². The van der Waals surface area contributed by atoms with Crippen LogP contribution in [-0.4, -0.2) is 40.5 Å². The summed E-state index contributed by atoms with van der Waals surface area (Å²) in [6.45, 7) is 2.02. The van der Waals surface area contributed by atoms with Crippen molar-refractivity contribution >= 4 is 28.8 Å². The van der Waals surface area contributed by atoms with Crippen LogP contribution in [-0.2, 0) is 9.59 Å². The Morgan fingerprint density at radius 1 is 1.67 bits per heavy atom. The average Bonchev–Trinajstić information content (AvgIpc) is 2.82. The van der Waals surface area contributed by atoms with Gasteiger partial charge >= 0.3 is 5.97 Å². The van der Waals surface area contributed by atoms with Gasteiger partial charge in [0, 0.05) is 12.0 Å². The number of carboxylic acid groups (broad SMARTS) is 1. The molecule has 1 aliphatic heterocycles. The summed E-state index contributed by atoms with van der Waals surface area (Å²) in [7, 11) is 0. The minimum absolute atomic E-state index is 0.196. The Balaban J connectivity index is 2.59. The van der Waals surface area contributed by atoms with Gasteiger partial charge in [0.2, 0.25) is 0 Å². The first-order valence-electron chi connectivity index (χ1n) is 5.12. The lowest BCUT2D eigenvalue weighted by Gasteiger charge is -2.08. The van der Waals surface area contributed by atoms with Gasteiger partial charge in [-0.15, -0.1) is 0 Å². The lowest BCUT2D eigenvalue weighted by atomic mass is 10.2. The van der Waals surface area contributed by atoms with Gasteiger partial charge in [0.1, 0.15) is 17.7 Å². The lowest BCUT2D eigenvalue weighted by Crippen LogP contribution is -2.39. The second-order valence-corrected chi connectivity index (χ2v) is 4.47. The molecule has 0 aliphatic carbocycles. The molecule has 1 atom stereocenters. The van der Waals surface area contributed by atoms with Crippen molar-refractivity contribution in [3.63, 3.8) is 0 Å². The summed E-state index contributed by atoms with van der Waals surface area (Å²) in [6, 6.07) is 0.651. The normalized spacial score (nSPS) is 16.4. The molecule has 0 radical (unpaired) electrons. The zero-order chi connectivity index (χ0) is 13.5. The summed E-state index contributed by atoms with van der Waals surface area (Å²) in [5.41, 5.74) is -0.196. The van der Waals surface area contributed by atoms with Crippen molar-refractivity contribution in [2.75, 3.05) is 12.3 Å². The van der Waals surface area contributed by atoms with Gasteiger partial charge in [-0.25, -0.2) is 0 Å². The van der Waals surface area contributed by atoms with Gasteiger partial charge < -0.3 is 15.7 Å². The summed E-state index contributed by atoms with van der Waals surface area (Å²) >= 11 is 1.48. The molecule has 0 saturated carbocycles. The van der Waals surface area contributed by atoms with Gasteiger partial charge in [0.25, 0.3) is 5.91 Å². The Hall–Kier alpha value is -2.01. The predicted octanol–water partition coefficient (Wildman–Crippen LogP) is -0.324. The third-order valence-corrected chi connectivity index (χ3v) is 2.92. The zero-order valence-corrected chi connectivity index (χ0v) is 10.5. The van der Waals surface area contributed by atoms with E-state index in [4.69, 9.17) is 10.4 Å². The number of hydrogen-bond acceptors (Lipinski definition) is 6. The highest BCUT2D eigenvalue weighted by atomic mass is 32.2. The molecule has 1 amide bonds. The fraction of sp³-hybridized carbons (Fsp3) is 0.400. The topological polar surface area (TPSA) is 115 Å². The molecule has 0 spiro atoms. The van der Waals surface area contributed by atoms with Crippen LogP contribution in [0.3, 0.4) is 0 Å². The smallest absolute Gasteiger partial charge is 0.325 e. The first-order chi connectivity index (χ1) is 8.54. The van der Waals surface area contributed by atoms with E-state index >= 15 is 0 Å². The minimum Gasteiger partial charge on any atom is -0.480 e. The molecule has 0 bridgehead atoms. The largest absolute Gasteiger partial charge is 0.480 e.